The highest BCUT2D eigenvalue weighted by atomic mass is 16.2. The quantitative estimate of drug-likeness (QED) is 0.557. The molecule has 0 spiro atoms. The maximum atomic E-state index is 12.7. The second-order valence-corrected chi connectivity index (χ2v) is 6.21. The van der Waals surface area contributed by atoms with E-state index in [2.05, 4.69) is 10.4 Å². The number of nitrogens with zero attached hydrogens (tertiary/aromatic N) is 2. The van der Waals surface area contributed by atoms with Gasteiger partial charge in [0.1, 0.15) is 0 Å². The summed E-state index contributed by atoms with van der Waals surface area (Å²) >= 11 is 0. The highest BCUT2D eigenvalue weighted by Crippen LogP contribution is 2.19. The minimum absolute atomic E-state index is 0.117. The fourth-order valence-corrected chi connectivity index (χ4v) is 2.91. The lowest BCUT2D eigenvalue weighted by molar-refractivity contribution is -0.112. The number of para-hydroxylation sites is 1. The Morgan fingerprint density at radius 3 is 2.33 bits per heavy atom. The van der Waals surface area contributed by atoms with Crippen LogP contribution in [0, 0.1) is 13.8 Å². The molecule has 2 aromatic carbocycles. The van der Waals surface area contributed by atoms with Gasteiger partial charge in [0.25, 0.3) is 11.7 Å². The molecule has 0 unspecified atom stereocenters. The van der Waals surface area contributed by atoms with Crippen LogP contribution >= 0.6 is 0 Å². The van der Waals surface area contributed by atoms with Gasteiger partial charge in [-0.2, -0.15) is 5.10 Å². The van der Waals surface area contributed by atoms with E-state index in [4.69, 9.17) is 0 Å². The van der Waals surface area contributed by atoms with E-state index in [0.29, 0.717) is 22.6 Å². The number of carbonyl (C=O) groups excluding carboxylic acids is 3. The number of hydrogen-bond acceptors (Lipinski definition) is 4. The second-order valence-electron chi connectivity index (χ2n) is 6.21. The molecule has 136 valence electrons. The van der Waals surface area contributed by atoms with E-state index in [1.165, 1.54) is 6.92 Å². The SMILES string of the molecule is CC(=O)c1cccc(NC(=O)C(=O)c2c(C)nn(-c3ccccc3)c2C)c1. The Kier molecular flexibility index (Phi) is 4.98. The molecule has 3 aromatic rings. The van der Waals surface area contributed by atoms with Gasteiger partial charge in [0.2, 0.25) is 0 Å². The number of aryl methyl sites for hydroxylation is 1. The average molecular weight is 361 g/mol. The van der Waals surface area contributed by atoms with Crippen LogP contribution < -0.4 is 5.32 Å². The fourth-order valence-electron chi connectivity index (χ4n) is 2.91. The minimum atomic E-state index is -0.769. The largest absolute Gasteiger partial charge is 0.319 e. The minimum Gasteiger partial charge on any atom is -0.319 e. The van der Waals surface area contributed by atoms with Crippen molar-refractivity contribution < 1.29 is 14.4 Å². The first kappa shape index (κ1) is 18.3. The first-order chi connectivity index (χ1) is 12.9. The van der Waals surface area contributed by atoms with E-state index in [-0.39, 0.29) is 11.3 Å². The lowest BCUT2D eigenvalue weighted by atomic mass is 10.1. The van der Waals surface area contributed by atoms with Gasteiger partial charge in [0.05, 0.1) is 22.6 Å². The standard InChI is InChI=1S/C21H19N3O3/c1-13-19(14(2)24(23-13)18-10-5-4-6-11-18)20(26)21(27)22-17-9-7-8-16(12-17)15(3)25/h4-12H,1-3H3,(H,22,27). The number of benzene rings is 2. The number of aromatic nitrogens is 2. The summed E-state index contributed by atoms with van der Waals surface area (Å²) in [4.78, 5) is 36.7. The molecule has 0 saturated carbocycles. The Labute approximate surface area is 156 Å². The van der Waals surface area contributed by atoms with Crippen molar-refractivity contribution in [3.63, 3.8) is 0 Å². The Balaban J connectivity index is 1.88. The van der Waals surface area contributed by atoms with Crippen molar-refractivity contribution in [2.45, 2.75) is 20.8 Å². The average Bonchev–Trinajstić information content (AvgIpc) is 2.96. The number of carbonyl (C=O) groups is 3. The van der Waals surface area contributed by atoms with Crippen molar-refractivity contribution in [3.05, 3.63) is 77.1 Å². The van der Waals surface area contributed by atoms with Crippen molar-refractivity contribution in [3.8, 4) is 5.69 Å². The molecule has 6 heteroatoms. The molecule has 0 bridgehead atoms. The zero-order chi connectivity index (χ0) is 19.6. The molecule has 0 atom stereocenters. The summed E-state index contributed by atoms with van der Waals surface area (Å²) in [7, 11) is 0. The van der Waals surface area contributed by atoms with E-state index >= 15 is 0 Å². The third-order valence-electron chi connectivity index (χ3n) is 4.25. The number of anilines is 1. The van der Waals surface area contributed by atoms with Crippen LogP contribution in [0.4, 0.5) is 5.69 Å². The van der Waals surface area contributed by atoms with E-state index < -0.39 is 11.7 Å². The number of hydrogen-bond donors (Lipinski definition) is 1. The number of amides is 1. The van der Waals surface area contributed by atoms with E-state index in [0.717, 1.165) is 5.69 Å². The zero-order valence-corrected chi connectivity index (χ0v) is 15.3. The molecule has 0 saturated heterocycles. The van der Waals surface area contributed by atoms with Gasteiger partial charge < -0.3 is 5.32 Å². The molecule has 27 heavy (non-hydrogen) atoms. The summed E-state index contributed by atoms with van der Waals surface area (Å²) in [6.07, 6.45) is 0. The highest BCUT2D eigenvalue weighted by molar-refractivity contribution is 6.47. The third-order valence-corrected chi connectivity index (χ3v) is 4.25. The molecule has 1 amide bonds. The summed E-state index contributed by atoms with van der Waals surface area (Å²) in [6.45, 7) is 4.89. The Morgan fingerprint density at radius 2 is 1.67 bits per heavy atom. The number of nitrogens with one attached hydrogen (secondary N) is 1. The van der Waals surface area contributed by atoms with Gasteiger partial charge in [-0.15, -0.1) is 0 Å². The Hall–Kier alpha value is -3.54. The Morgan fingerprint density at radius 1 is 0.963 bits per heavy atom. The molecule has 0 fully saturated rings. The van der Waals surface area contributed by atoms with Gasteiger partial charge >= 0.3 is 0 Å². The molecule has 6 nitrogen and oxygen atoms in total. The smallest absolute Gasteiger partial charge is 0.296 e. The summed E-state index contributed by atoms with van der Waals surface area (Å²) < 4.78 is 1.65. The van der Waals surface area contributed by atoms with Crippen molar-refractivity contribution >= 4 is 23.2 Å². The molecule has 0 radical (unpaired) electrons. The molecule has 1 heterocycles. The number of rotatable bonds is 5. The van der Waals surface area contributed by atoms with Crippen LogP contribution in [0.2, 0.25) is 0 Å². The van der Waals surface area contributed by atoms with Crippen LogP contribution in [-0.4, -0.2) is 27.3 Å². The molecule has 1 aromatic heterocycles. The van der Waals surface area contributed by atoms with Gasteiger partial charge in [-0.25, -0.2) is 4.68 Å². The van der Waals surface area contributed by atoms with Crippen LogP contribution in [0.5, 0.6) is 0 Å². The summed E-state index contributed by atoms with van der Waals surface area (Å²) in [5.41, 5.74) is 3.02. The van der Waals surface area contributed by atoms with Crippen LogP contribution in [0.3, 0.4) is 0 Å². The highest BCUT2D eigenvalue weighted by Gasteiger charge is 2.25. The number of ketones is 2. The van der Waals surface area contributed by atoms with E-state index in [1.807, 2.05) is 30.3 Å². The fraction of sp³-hybridized carbons (Fsp3) is 0.143. The lowest BCUT2D eigenvalue weighted by Gasteiger charge is -2.07. The van der Waals surface area contributed by atoms with Gasteiger partial charge in [0.15, 0.2) is 5.78 Å². The van der Waals surface area contributed by atoms with Gasteiger partial charge in [-0.3, -0.25) is 14.4 Å². The first-order valence-electron chi connectivity index (χ1n) is 8.47. The molecule has 3 rings (SSSR count). The second kappa shape index (κ2) is 7.37. The van der Waals surface area contributed by atoms with Crippen LogP contribution in [0.1, 0.15) is 39.0 Å². The lowest BCUT2D eigenvalue weighted by Crippen LogP contribution is -2.24. The monoisotopic (exact) mass is 361 g/mol. The van der Waals surface area contributed by atoms with Crippen LogP contribution in [0.25, 0.3) is 5.69 Å². The molecule has 0 aliphatic rings. The first-order valence-corrected chi connectivity index (χ1v) is 8.47. The van der Waals surface area contributed by atoms with Gasteiger partial charge in [0, 0.05) is 11.3 Å². The van der Waals surface area contributed by atoms with Crippen LogP contribution in [-0.2, 0) is 4.79 Å². The van der Waals surface area contributed by atoms with Crippen molar-refractivity contribution in [1.82, 2.24) is 9.78 Å². The molecule has 0 aliphatic carbocycles. The van der Waals surface area contributed by atoms with E-state index in [1.54, 1.807) is 42.8 Å². The summed E-state index contributed by atoms with van der Waals surface area (Å²) in [5, 5.41) is 6.96. The Bertz CT molecular complexity index is 1040. The maximum absolute atomic E-state index is 12.7. The third kappa shape index (κ3) is 3.69. The van der Waals surface area contributed by atoms with Crippen molar-refractivity contribution in [1.29, 1.82) is 0 Å². The molecule has 1 N–H and O–H groups in total. The summed E-state index contributed by atoms with van der Waals surface area (Å²) in [5.74, 6) is -1.55. The molecular formula is C21H19N3O3. The van der Waals surface area contributed by atoms with Gasteiger partial charge in [-0.1, -0.05) is 30.3 Å². The predicted molar refractivity (Wildman–Crippen MR) is 102 cm³/mol. The van der Waals surface area contributed by atoms with Crippen LogP contribution in [0.15, 0.2) is 54.6 Å². The summed E-state index contributed by atoms with van der Waals surface area (Å²) in [6, 6.07) is 15.9. The van der Waals surface area contributed by atoms with Crippen molar-refractivity contribution in [2.24, 2.45) is 0 Å². The topological polar surface area (TPSA) is 81.1 Å². The molecule has 0 aliphatic heterocycles. The van der Waals surface area contributed by atoms with E-state index in [9.17, 15) is 14.4 Å². The molecular weight excluding hydrogens is 342 g/mol. The van der Waals surface area contributed by atoms with Crippen molar-refractivity contribution in [2.75, 3.05) is 5.32 Å². The zero-order valence-electron chi connectivity index (χ0n) is 15.3. The predicted octanol–water partition coefficient (Wildman–Crippen LogP) is 3.51. The number of Topliss-reactive ketones (excluding diaryl/α,β-unsaturated/α-hetero) is 2. The van der Waals surface area contributed by atoms with Gasteiger partial charge in [-0.05, 0) is 45.0 Å². The maximum Gasteiger partial charge on any atom is 0.296 e. The normalized spacial score (nSPS) is 10.5.